The first-order valence-electron chi connectivity index (χ1n) is 10.4. The quantitative estimate of drug-likeness (QED) is 0.527. The van der Waals surface area contributed by atoms with Crippen molar-refractivity contribution >= 4 is 28.2 Å². The van der Waals surface area contributed by atoms with Gasteiger partial charge in [-0.05, 0) is 56.4 Å². The summed E-state index contributed by atoms with van der Waals surface area (Å²) in [5.41, 5.74) is 4.50. The zero-order chi connectivity index (χ0) is 19.8. The van der Waals surface area contributed by atoms with Crippen LogP contribution in [0.25, 0.3) is 33.5 Å². The molecule has 1 unspecified atom stereocenters. The lowest BCUT2D eigenvalue weighted by atomic mass is 9.87. The van der Waals surface area contributed by atoms with Gasteiger partial charge in [-0.3, -0.25) is 4.79 Å². The van der Waals surface area contributed by atoms with Gasteiger partial charge in [0.1, 0.15) is 6.29 Å². The van der Waals surface area contributed by atoms with E-state index in [1.54, 1.807) is 0 Å². The summed E-state index contributed by atoms with van der Waals surface area (Å²) in [5.74, 6) is 1.67. The van der Waals surface area contributed by atoms with Gasteiger partial charge in [0.05, 0.1) is 22.3 Å². The molecule has 2 aromatic heterocycles. The Hall–Kier alpha value is -2.92. The fraction of sp³-hybridized carbons (Fsp3) is 0.333. The number of hydrogen-bond acceptors (Lipinski definition) is 3. The third-order valence-electron chi connectivity index (χ3n) is 6.58. The minimum Gasteiger partial charge on any atom is -0.385 e. The maximum absolute atomic E-state index is 11.5. The lowest BCUT2D eigenvalue weighted by molar-refractivity contribution is 0.0399. The van der Waals surface area contributed by atoms with E-state index in [4.69, 9.17) is 4.98 Å². The van der Waals surface area contributed by atoms with E-state index in [-0.39, 0.29) is 0 Å². The molecule has 0 saturated heterocycles. The average molecular weight is 385 g/mol. The van der Waals surface area contributed by atoms with Gasteiger partial charge in [0.2, 0.25) is 0 Å². The topological polar surface area (TPSA) is 60.1 Å². The molecule has 0 spiro atoms. The van der Waals surface area contributed by atoms with Crippen molar-refractivity contribution in [1.29, 1.82) is 0 Å². The van der Waals surface area contributed by atoms with E-state index < -0.39 is 5.60 Å². The fourth-order valence-corrected chi connectivity index (χ4v) is 4.80. The summed E-state index contributed by atoms with van der Waals surface area (Å²) in [6.07, 6.45) is 4.02. The zero-order valence-electron chi connectivity index (χ0n) is 16.4. The molecular formula is C24H23N3O2. The van der Waals surface area contributed by atoms with Crippen LogP contribution in [0.1, 0.15) is 42.1 Å². The minimum absolute atomic E-state index is 0.560. The van der Waals surface area contributed by atoms with E-state index in [1.807, 2.05) is 19.1 Å². The molecule has 1 N–H and O–H groups in total. The van der Waals surface area contributed by atoms with Gasteiger partial charge < -0.3 is 14.2 Å². The summed E-state index contributed by atoms with van der Waals surface area (Å²) in [4.78, 5) is 16.5. The summed E-state index contributed by atoms with van der Waals surface area (Å²) in [7, 11) is 0. The fourth-order valence-electron chi connectivity index (χ4n) is 4.80. The Bertz CT molecular complexity index is 1290. The summed E-state index contributed by atoms with van der Waals surface area (Å²) >= 11 is 0. The van der Waals surface area contributed by atoms with Crippen LogP contribution in [0.5, 0.6) is 0 Å². The van der Waals surface area contributed by atoms with Gasteiger partial charge in [-0.2, -0.15) is 0 Å². The molecule has 29 heavy (non-hydrogen) atoms. The Morgan fingerprint density at radius 2 is 2.07 bits per heavy atom. The van der Waals surface area contributed by atoms with Crippen LogP contribution in [-0.4, -0.2) is 25.5 Å². The van der Waals surface area contributed by atoms with E-state index in [0.717, 1.165) is 46.9 Å². The van der Waals surface area contributed by atoms with Crippen molar-refractivity contribution in [2.24, 2.45) is 5.92 Å². The van der Waals surface area contributed by atoms with E-state index >= 15 is 0 Å². The van der Waals surface area contributed by atoms with E-state index in [0.29, 0.717) is 18.5 Å². The van der Waals surface area contributed by atoms with Crippen LogP contribution in [0.4, 0.5) is 0 Å². The zero-order valence-corrected chi connectivity index (χ0v) is 16.4. The number of benzene rings is 2. The third kappa shape index (κ3) is 2.50. The van der Waals surface area contributed by atoms with Crippen LogP contribution in [0, 0.1) is 5.92 Å². The number of fused-ring (bicyclic) bond motifs is 1. The van der Waals surface area contributed by atoms with Crippen molar-refractivity contribution < 1.29 is 9.90 Å². The van der Waals surface area contributed by atoms with Gasteiger partial charge in [-0.1, -0.05) is 18.2 Å². The Morgan fingerprint density at radius 1 is 1.24 bits per heavy atom. The van der Waals surface area contributed by atoms with Crippen LogP contribution >= 0.6 is 0 Å². The van der Waals surface area contributed by atoms with Crippen molar-refractivity contribution in [3.8, 4) is 11.5 Å². The molecule has 1 fully saturated rings. The van der Waals surface area contributed by atoms with Crippen molar-refractivity contribution in [2.45, 2.75) is 44.9 Å². The first kappa shape index (κ1) is 17.0. The highest BCUT2D eigenvalue weighted by Crippen LogP contribution is 2.41. The number of hydrogen-bond donors (Lipinski definition) is 1. The first-order valence-corrected chi connectivity index (χ1v) is 10.4. The number of imidazole rings is 1. The molecule has 0 radical (unpaired) electrons. The lowest BCUT2D eigenvalue weighted by Gasteiger charge is -2.30. The van der Waals surface area contributed by atoms with Gasteiger partial charge in [0.15, 0.2) is 5.82 Å². The van der Waals surface area contributed by atoms with E-state index in [2.05, 4.69) is 39.5 Å². The number of aryl methyl sites for hydroxylation is 1. The number of aliphatic hydroxyl groups is 1. The number of nitrogens with zero attached hydrogens (tertiary/aromatic N) is 3. The molecule has 4 aromatic rings. The Labute approximate surface area is 168 Å². The van der Waals surface area contributed by atoms with Crippen molar-refractivity contribution in [3.63, 3.8) is 0 Å². The molecule has 1 aliphatic heterocycles. The van der Waals surface area contributed by atoms with Crippen molar-refractivity contribution in [1.82, 2.24) is 14.1 Å². The molecular weight excluding hydrogens is 362 g/mol. The highest BCUT2D eigenvalue weighted by molar-refractivity contribution is 5.92. The van der Waals surface area contributed by atoms with Gasteiger partial charge in [-0.25, -0.2) is 4.98 Å². The van der Waals surface area contributed by atoms with Crippen LogP contribution in [0.2, 0.25) is 0 Å². The van der Waals surface area contributed by atoms with Gasteiger partial charge >= 0.3 is 0 Å². The summed E-state index contributed by atoms with van der Waals surface area (Å²) in [6.45, 7) is 3.55. The SMILES string of the molecule is CC1(O)CCn2c(-c3cc4ccccc4n3CC3CC3)nc3cc(C=O)cc1c32. The molecule has 1 atom stereocenters. The number of aldehydes is 1. The van der Waals surface area contributed by atoms with Crippen molar-refractivity contribution in [3.05, 3.63) is 53.6 Å². The average Bonchev–Trinajstić information content (AvgIpc) is 3.36. The molecule has 6 rings (SSSR count). The Balaban J connectivity index is 1.66. The van der Waals surface area contributed by atoms with E-state index in [1.165, 1.54) is 23.7 Å². The smallest absolute Gasteiger partial charge is 0.157 e. The lowest BCUT2D eigenvalue weighted by Crippen LogP contribution is -2.28. The second-order valence-electron chi connectivity index (χ2n) is 8.81. The molecule has 5 heteroatoms. The van der Waals surface area contributed by atoms with Crippen LogP contribution < -0.4 is 0 Å². The van der Waals surface area contributed by atoms with Gasteiger partial charge in [0, 0.05) is 35.1 Å². The van der Waals surface area contributed by atoms with Crippen LogP contribution in [0.15, 0.2) is 42.5 Å². The number of carbonyl (C=O) groups excluding carboxylic acids is 1. The molecule has 1 saturated carbocycles. The largest absolute Gasteiger partial charge is 0.385 e. The predicted molar refractivity (Wildman–Crippen MR) is 113 cm³/mol. The number of aromatic nitrogens is 3. The molecule has 3 heterocycles. The first-order chi connectivity index (χ1) is 14.0. The third-order valence-corrected chi connectivity index (χ3v) is 6.58. The molecule has 2 aliphatic rings. The molecule has 2 aromatic carbocycles. The van der Waals surface area contributed by atoms with Crippen LogP contribution in [0.3, 0.4) is 0 Å². The van der Waals surface area contributed by atoms with Crippen LogP contribution in [-0.2, 0) is 18.7 Å². The number of carbonyl (C=O) groups is 1. The monoisotopic (exact) mass is 385 g/mol. The number of rotatable bonds is 4. The minimum atomic E-state index is -0.953. The second kappa shape index (κ2) is 5.80. The number of para-hydroxylation sites is 1. The molecule has 5 nitrogen and oxygen atoms in total. The maximum Gasteiger partial charge on any atom is 0.157 e. The van der Waals surface area contributed by atoms with E-state index in [9.17, 15) is 9.90 Å². The van der Waals surface area contributed by atoms with Gasteiger partial charge in [0.25, 0.3) is 0 Å². The molecule has 1 aliphatic carbocycles. The standard InChI is InChI=1S/C24H23N3O2/c1-24(29)8-9-26-22-18(24)10-16(14-28)11-19(22)25-23(26)21-12-17-4-2-3-5-20(17)27(21)13-15-6-7-15/h2-5,10-12,14-15,29H,6-9,13H2,1H3. The molecule has 0 bridgehead atoms. The molecule has 146 valence electrons. The van der Waals surface area contributed by atoms with Crippen molar-refractivity contribution in [2.75, 3.05) is 0 Å². The summed E-state index contributed by atoms with van der Waals surface area (Å²) in [6, 6.07) is 14.4. The van der Waals surface area contributed by atoms with Gasteiger partial charge in [-0.15, -0.1) is 0 Å². The normalized spacial score (nSPS) is 21.2. The summed E-state index contributed by atoms with van der Waals surface area (Å²) in [5, 5.41) is 12.2. The Kier molecular flexibility index (Phi) is 3.40. The second-order valence-corrected chi connectivity index (χ2v) is 8.81. The highest BCUT2D eigenvalue weighted by atomic mass is 16.3. The predicted octanol–water partition coefficient (Wildman–Crippen LogP) is 4.49. The maximum atomic E-state index is 11.5. The Morgan fingerprint density at radius 3 is 2.86 bits per heavy atom. The summed E-state index contributed by atoms with van der Waals surface area (Å²) < 4.78 is 4.64. The molecule has 0 amide bonds. The highest BCUT2D eigenvalue weighted by Gasteiger charge is 2.34.